The molecular formula is C6H4Cl2N2O2. The number of hydrogen-bond donors (Lipinski definition) is 0. The van der Waals surface area contributed by atoms with Crippen LogP contribution in [0.2, 0.25) is 10.3 Å². The zero-order chi connectivity index (χ0) is 8.97. The van der Waals surface area contributed by atoms with E-state index in [1.807, 2.05) is 0 Å². The highest BCUT2D eigenvalue weighted by atomic mass is 35.5. The molecule has 64 valence electrons. The average Bonchev–Trinajstić information content (AvgIpc) is 2.07. The molecule has 0 unspecified atom stereocenters. The molecule has 1 heterocycles. The van der Waals surface area contributed by atoms with Crippen molar-refractivity contribution in [3.05, 3.63) is 21.9 Å². The highest BCUT2D eigenvalue weighted by molar-refractivity contribution is 6.31. The van der Waals surface area contributed by atoms with Crippen molar-refractivity contribution in [3.8, 4) is 0 Å². The number of carbonyl (C=O) groups is 1. The first-order chi connectivity index (χ1) is 5.74. The summed E-state index contributed by atoms with van der Waals surface area (Å²) >= 11 is 11.1. The van der Waals surface area contributed by atoms with Crippen LogP contribution in [0.25, 0.3) is 0 Å². The van der Waals surface area contributed by atoms with Gasteiger partial charge in [-0.2, -0.15) is 0 Å². The summed E-state index contributed by atoms with van der Waals surface area (Å²) in [7, 11) is 0. The van der Waals surface area contributed by atoms with Gasteiger partial charge in [0.1, 0.15) is 6.61 Å². The molecule has 0 amide bonds. The van der Waals surface area contributed by atoms with Crippen LogP contribution in [0.15, 0.2) is 6.07 Å². The third kappa shape index (κ3) is 2.32. The first-order valence-electron chi connectivity index (χ1n) is 2.97. The number of carbonyl (C=O) groups excluding carboxylic acids is 1. The van der Waals surface area contributed by atoms with Gasteiger partial charge in [-0.1, -0.05) is 23.2 Å². The highest BCUT2D eigenvalue weighted by Gasteiger charge is 2.03. The third-order valence-electron chi connectivity index (χ3n) is 1.10. The normalized spacial score (nSPS) is 9.50. The second-order valence-corrected chi connectivity index (χ2v) is 2.64. The van der Waals surface area contributed by atoms with Gasteiger partial charge in [-0.3, -0.25) is 4.79 Å². The van der Waals surface area contributed by atoms with E-state index >= 15 is 0 Å². The van der Waals surface area contributed by atoms with E-state index in [9.17, 15) is 4.79 Å². The smallest absolute Gasteiger partial charge is 0.293 e. The van der Waals surface area contributed by atoms with Gasteiger partial charge in [-0.25, -0.2) is 0 Å². The minimum atomic E-state index is 0.0531. The average molecular weight is 207 g/mol. The fourth-order valence-corrected chi connectivity index (χ4v) is 0.930. The van der Waals surface area contributed by atoms with Gasteiger partial charge in [0.15, 0.2) is 10.3 Å². The maximum absolute atomic E-state index is 9.84. The fraction of sp³-hybridized carbons (Fsp3) is 0.167. The maximum atomic E-state index is 9.84. The Morgan fingerprint density at radius 3 is 2.92 bits per heavy atom. The molecule has 4 nitrogen and oxygen atoms in total. The molecule has 0 atom stereocenters. The Kier molecular flexibility index (Phi) is 3.25. The topological polar surface area (TPSA) is 52.1 Å². The lowest BCUT2D eigenvalue weighted by Crippen LogP contribution is -1.95. The van der Waals surface area contributed by atoms with Crippen LogP contribution < -0.4 is 0 Å². The van der Waals surface area contributed by atoms with Gasteiger partial charge in [0.2, 0.25) is 0 Å². The van der Waals surface area contributed by atoms with E-state index in [-0.39, 0.29) is 16.9 Å². The van der Waals surface area contributed by atoms with Gasteiger partial charge in [0.05, 0.1) is 0 Å². The molecule has 1 aromatic heterocycles. The number of rotatable bonds is 3. The van der Waals surface area contributed by atoms with Crippen molar-refractivity contribution in [2.75, 3.05) is 0 Å². The Labute approximate surface area is 78.5 Å². The Morgan fingerprint density at radius 1 is 1.50 bits per heavy atom. The molecule has 0 N–H and O–H groups in total. The Balaban J connectivity index is 2.82. The van der Waals surface area contributed by atoms with Gasteiger partial charge in [0.25, 0.3) is 6.47 Å². The van der Waals surface area contributed by atoms with E-state index in [1.165, 1.54) is 6.07 Å². The van der Waals surface area contributed by atoms with Crippen LogP contribution in [0.1, 0.15) is 5.56 Å². The monoisotopic (exact) mass is 206 g/mol. The second kappa shape index (κ2) is 4.23. The Hall–Kier alpha value is -0.870. The van der Waals surface area contributed by atoms with Gasteiger partial charge >= 0.3 is 0 Å². The van der Waals surface area contributed by atoms with Crippen LogP contribution in [0.5, 0.6) is 0 Å². The largest absolute Gasteiger partial charge is 0.463 e. The summed E-state index contributed by atoms with van der Waals surface area (Å²) in [6.45, 7) is 0.377. The predicted molar refractivity (Wildman–Crippen MR) is 42.9 cm³/mol. The van der Waals surface area contributed by atoms with Crippen molar-refractivity contribution in [1.82, 2.24) is 10.2 Å². The molecule has 0 aliphatic heterocycles. The lowest BCUT2D eigenvalue weighted by Gasteiger charge is -2.00. The van der Waals surface area contributed by atoms with Crippen molar-refractivity contribution in [2.24, 2.45) is 0 Å². The summed E-state index contributed by atoms with van der Waals surface area (Å²) < 4.78 is 4.46. The number of aromatic nitrogens is 2. The molecule has 0 aliphatic carbocycles. The predicted octanol–water partition coefficient (Wildman–Crippen LogP) is 1.46. The molecule has 6 heteroatoms. The zero-order valence-corrected chi connectivity index (χ0v) is 7.34. The van der Waals surface area contributed by atoms with Crippen LogP contribution in [-0.4, -0.2) is 16.7 Å². The molecule has 0 aromatic carbocycles. The van der Waals surface area contributed by atoms with E-state index in [0.717, 1.165) is 0 Å². The van der Waals surface area contributed by atoms with Gasteiger partial charge in [-0.05, 0) is 6.07 Å². The van der Waals surface area contributed by atoms with Crippen LogP contribution in [0.4, 0.5) is 0 Å². The van der Waals surface area contributed by atoms with Crippen molar-refractivity contribution in [2.45, 2.75) is 6.61 Å². The molecule has 0 saturated carbocycles. The van der Waals surface area contributed by atoms with Crippen LogP contribution in [-0.2, 0) is 16.1 Å². The number of halogens is 2. The highest BCUT2D eigenvalue weighted by Crippen LogP contribution is 2.15. The number of hydrogen-bond acceptors (Lipinski definition) is 4. The minimum Gasteiger partial charge on any atom is -0.463 e. The molecule has 1 aromatic rings. The van der Waals surface area contributed by atoms with E-state index < -0.39 is 0 Å². The van der Waals surface area contributed by atoms with E-state index in [1.54, 1.807) is 0 Å². The first-order valence-corrected chi connectivity index (χ1v) is 3.72. The minimum absolute atomic E-state index is 0.0531. The van der Waals surface area contributed by atoms with Gasteiger partial charge in [0, 0.05) is 5.56 Å². The summed E-state index contributed by atoms with van der Waals surface area (Å²) in [6, 6.07) is 1.49. The van der Waals surface area contributed by atoms with Crippen LogP contribution in [0.3, 0.4) is 0 Å². The quantitative estimate of drug-likeness (QED) is 0.704. The molecule has 0 aliphatic rings. The third-order valence-corrected chi connectivity index (χ3v) is 1.60. The molecule has 0 fully saturated rings. The second-order valence-electron chi connectivity index (χ2n) is 1.89. The maximum Gasteiger partial charge on any atom is 0.293 e. The molecule has 1 rings (SSSR count). The summed E-state index contributed by atoms with van der Waals surface area (Å²) in [5.74, 6) is 0. The summed E-state index contributed by atoms with van der Waals surface area (Å²) in [5.41, 5.74) is 0.531. The molecule has 0 radical (unpaired) electrons. The first kappa shape index (κ1) is 9.22. The van der Waals surface area contributed by atoms with Gasteiger partial charge in [-0.15, -0.1) is 10.2 Å². The van der Waals surface area contributed by atoms with E-state index in [2.05, 4.69) is 14.9 Å². The molecule has 0 bridgehead atoms. The summed E-state index contributed by atoms with van der Waals surface area (Å²) in [5, 5.41) is 7.40. The molecular weight excluding hydrogens is 203 g/mol. The lowest BCUT2D eigenvalue weighted by molar-refractivity contribution is -0.129. The SMILES string of the molecule is O=COCc1cc(Cl)nnc1Cl. The molecule has 12 heavy (non-hydrogen) atoms. The van der Waals surface area contributed by atoms with Crippen molar-refractivity contribution in [3.63, 3.8) is 0 Å². The Morgan fingerprint density at radius 2 is 2.25 bits per heavy atom. The van der Waals surface area contributed by atoms with Crippen molar-refractivity contribution < 1.29 is 9.53 Å². The molecule has 0 saturated heterocycles. The van der Waals surface area contributed by atoms with Gasteiger partial charge < -0.3 is 4.74 Å². The van der Waals surface area contributed by atoms with Crippen molar-refractivity contribution in [1.29, 1.82) is 0 Å². The summed E-state index contributed by atoms with van der Waals surface area (Å²) in [4.78, 5) is 9.84. The number of ether oxygens (including phenoxy) is 1. The lowest BCUT2D eigenvalue weighted by atomic mass is 10.3. The van der Waals surface area contributed by atoms with E-state index in [0.29, 0.717) is 12.0 Å². The summed E-state index contributed by atoms with van der Waals surface area (Å²) in [6.07, 6.45) is 0. The number of nitrogens with zero attached hydrogens (tertiary/aromatic N) is 2. The van der Waals surface area contributed by atoms with Crippen LogP contribution >= 0.6 is 23.2 Å². The van der Waals surface area contributed by atoms with E-state index in [4.69, 9.17) is 23.2 Å². The fourth-order valence-electron chi connectivity index (χ4n) is 0.613. The zero-order valence-electron chi connectivity index (χ0n) is 5.83. The Bertz CT molecular complexity index is 293. The van der Waals surface area contributed by atoms with Crippen LogP contribution in [0, 0.1) is 0 Å². The standard InChI is InChI=1S/C6H4Cl2N2O2/c7-5-1-4(2-12-3-11)6(8)10-9-5/h1,3H,2H2. The molecule has 0 spiro atoms. The van der Waals surface area contributed by atoms with Crippen molar-refractivity contribution >= 4 is 29.7 Å².